The summed E-state index contributed by atoms with van der Waals surface area (Å²) in [6.07, 6.45) is 7.49. The Balaban J connectivity index is 1.29. The van der Waals surface area contributed by atoms with Gasteiger partial charge in [0.2, 0.25) is 5.88 Å². The number of primary amides is 1. The lowest BCUT2D eigenvalue weighted by molar-refractivity contribution is -0.140. The van der Waals surface area contributed by atoms with Crippen LogP contribution in [0.15, 0.2) is 18.3 Å². The first-order chi connectivity index (χ1) is 13.4. The number of thioether (sulfide) groups is 1. The number of urea groups is 1. The third-order valence-electron chi connectivity index (χ3n) is 6.00. The van der Waals surface area contributed by atoms with E-state index in [9.17, 15) is 14.4 Å². The number of rotatable bonds is 7. The van der Waals surface area contributed by atoms with E-state index < -0.39 is 5.91 Å². The van der Waals surface area contributed by atoms with Gasteiger partial charge in [-0.05, 0) is 61.7 Å². The number of amides is 4. The maximum Gasteiger partial charge on any atom is 0.325 e. The quantitative estimate of drug-likeness (QED) is 0.666. The summed E-state index contributed by atoms with van der Waals surface area (Å²) >= 11 is 1.67. The van der Waals surface area contributed by atoms with Gasteiger partial charge in [-0.3, -0.25) is 14.5 Å². The molecule has 0 radical (unpaired) electrons. The van der Waals surface area contributed by atoms with Crippen molar-refractivity contribution in [3.05, 3.63) is 23.9 Å². The second-order valence-electron chi connectivity index (χ2n) is 7.92. The summed E-state index contributed by atoms with van der Waals surface area (Å²) in [7, 11) is 0. The molecule has 4 amide bonds. The molecule has 4 rings (SSSR count). The van der Waals surface area contributed by atoms with Gasteiger partial charge >= 0.3 is 6.03 Å². The third-order valence-corrected chi connectivity index (χ3v) is 6.65. The van der Waals surface area contributed by atoms with Gasteiger partial charge in [-0.1, -0.05) is 0 Å². The van der Waals surface area contributed by atoms with E-state index in [0.717, 1.165) is 31.4 Å². The molecule has 9 heteroatoms. The number of nitrogens with two attached hydrogens (primary N) is 1. The van der Waals surface area contributed by atoms with Crippen molar-refractivity contribution in [2.75, 3.05) is 12.0 Å². The highest BCUT2D eigenvalue weighted by atomic mass is 32.2. The van der Waals surface area contributed by atoms with Gasteiger partial charge in [-0.15, -0.1) is 0 Å². The van der Waals surface area contributed by atoms with Crippen LogP contribution >= 0.6 is 11.8 Å². The summed E-state index contributed by atoms with van der Waals surface area (Å²) in [4.78, 5) is 41.8. The van der Waals surface area contributed by atoms with Crippen molar-refractivity contribution in [2.45, 2.75) is 50.3 Å². The molecule has 2 heterocycles. The Morgan fingerprint density at radius 2 is 2.14 bits per heavy atom. The fraction of sp³-hybridized carbons (Fsp3) is 0.579. The zero-order chi connectivity index (χ0) is 19.9. The minimum absolute atomic E-state index is 0.0219. The molecule has 0 bridgehead atoms. The van der Waals surface area contributed by atoms with Gasteiger partial charge in [0, 0.05) is 12.2 Å². The van der Waals surface area contributed by atoms with Crippen molar-refractivity contribution < 1.29 is 19.1 Å². The highest BCUT2D eigenvalue weighted by Crippen LogP contribution is 2.58. The molecule has 0 unspecified atom stereocenters. The average Bonchev–Trinajstić information content (AvgIpc) is 2.88. The van der Waals surface area contributed by atoms with E-state index >= 15 is 0 Å². The first-order valence-corrected chi connectivity index (χ1v) is 10.9. The second kappa shape index (κ2) is 7.27. The third kappa shape index (κ3) is 3.32. The van der Waals surface area contributed by atoms with Crippen LogP contribution in [0.1, 0.15) is 42.5 Å². The Morgan fingerprint density at radius 3 is 2.82 bits per heavy atom. The molecule has 1 saturated heterocycles. The summed E-state index contributed by atoms with van der Waals surface area (Å²) in [6.45, 7) is 0. The van der Waals surface area contributed by atoms with Crippen molar-refractivity contribution in [3.8, 4) is 5.88 Å². The molecule has 2 aliphatic carbocycles. The number of aromatic nitrogens is 1. The highest BCUT2D eigenvalue weighted by Gasteiger charge is 2.58. The van der Waals surface area contributed by atoms with E-state index in [1.54, 1.807) is 30.1 Å². The molecule has 3 fully saturated rings. The molecule has 1 aromatic heterocycles. The molecule has 28 heavy (non-hydrogen) atoms. The first kappa shape index (κ1) is 19.0. The lowest BCUT2D eigenvalue weighted by Crippen LogP contribution is -2.60. The zero-order valence-electron chi connectivity index (χ0n) is 15.7. The lowest BCUT2D eigenvalue weighted by atomic mass is 9.52. The molecular weight excluding hydrogens is 380 g/mol. The standard InChI is InChI=1S/C19H24N4O4S/c1-28-6-4-14-17(25)23(18(26)22-14)11-7-19(8-11)9-12(10-19)27-16-13(15(20)24)3-2-5-21-16/h2-3,5,11-12,14H,4,6-10H2,1H3,(H2,20,24)(H,22,26)/t11-,12-,14-,19?/m0/s1. The molecule has 3 aliphatic rings. The van der Waals surface area contributed by atoms with Gasteiger partial charge in [-0.2, -0.15) is 11.8 Å². The Hall–Kier alpha value is -2.29. The number of carbonyl (C=O) groups excluding carboxylic acids is 3. The van der Waals surface area contributed by atoms with Gasteiger partial charge in [0.1, 0.15) is 17.7 Å². The van der Waals surface area contributed by atoms with E-state index in [1.165, 1.54) is 4.90 Å². The fourth-order valence-electron chi connectivity index (χ4n) is 4.60. The largest absolute Gasteiger partial charge is 0.474 e. The van der Waals surface area contributed by atoms with Crippen LogP contribution in [-0.2, 0) is 4.79 Å². The molecule has 1 atom stereocenters. The molecule has 2 saturated carbocycles. The summed E-state index contributed by atoms with van der Waals surface area (Å²) < 4.78 is 5.86. The number of carbonyl (C=O) groups is 3. The smallest absolute Gasteiger partial charge is 0.325 e. The van der Waals surface area contributed by atoms with Crippen molar-refractivity contribution in [1.82, 2.24) is 15.2 Å². The maximum atomic E-state index is 12.5. The van der Waals surface area contributed by atoms with Crippen molar-refractivity contribution in [3.63, 3.8) is 0 Å². The first-order valence-electron chi connectivity index (χ1n) is 9.46. The Kier molecular flexibility index (Phi) is 4.95. The predicted molar refractivity (Wildman–Crippen MR) is 104 cm³/mol. The van der Waals surface area contributed by atoms with E-state index in [4.69, 9.17) is 10.5 Å². The van der Waals surface area contributed by atoms with Crippen LogP contribution in [0.5, 0.6) is 5.88 Å². The summed E-state index contributed by atoms with van der Waals surface area (Å²) in [5.74, 6) is 0.469. The van der Waals surface area contributed by atoms with Crippen LogP contribution < -0.4 is 15.8 Å². The van der Waals surface area contributed by atoms with Crippen LogP contribution in [0.3, 0.4) is 0 Å². The van der Waals surface area contributed by atoms with Crippen molar-refractivity contribution in [2.24, 2.45) is 11.1 Å². The number of nitrogens with zero attached hydrogens (tertiary/aromatic N) is 2. The van der Waals surface area contributed by atoms with Crippen LogP contribution in [0.2, 0.25) is 0 Å². The maximum absolute atomic E-state index is 12.5. The minimum atomic E-state index is -0.560. The van der Waals surface area contributed by atoms with E-state index in [0.29, 0.717) is 6.42 Å². The van der Waals surface area contributed by atoms with E-state index in [2.05, 4.69) is 10.3 Å². The molecule has 1 aliphatic heterocycles. The summed E-state index contributed by atoms with van der Waals surface area (Å²) in [5.41, 5.74) is 5.76. The van der Waals surface area contributed by atoms with Gasteiger partial charge in [0.25, 0.3) is 11.8 Å². The van der Waals surface area contributed by atoms with Crippen LogP contribution in [-0.4, -0.2) is 57.9 Å². The normalized spacial score (nSPS) is 31.3. The van der Waals surface area contributed by atoms with Crippen molar-refractivity contribution >= 4 is 29.6 Å². The Morgan fingerprint density at radius 1 is 1.39 bits per heavy atom. The van der Waals surface area contributed by atoms with Gasteiger partial charge in [0.15, 0.2) is 0 Å². The lowest BCUT2D eigenvalue weighted by Gasteiger charge is -2.58. The number of pyridine rings is 1. The monoisotopic (exact) mass is 404 g/mol. The van der Waals surface area contributed by atoms with E-state index in [1.807, 2.05) is 6.26 Å². The number of hydrogen-bond acceptors (Lipinski definition) is 6. The fourth-order valence-corrected chi connectivity index (χ4v) is 5.07. The average molecular weight is 404 g/mol. The Labute approximate surface area is 167 Å². The topological polar surface area (TPSA) is 115 Å². The molecule has 1 spiro atoms. The van der Waals surface area contributed by atoms with Gasteiger partial charge in [-0.25, -0.2) is 9.78 Å². The highest BCUT2D eigenvalue weighted by molar-refractivity contribution is 7.98. The number of hydrogen-bond donors (Lipinski definition) is 2. The molecule has 8 nitrogen and oxygen atoms in total. The number of imide groups is 1. The number of nitrogens with one attached hydrogen (secondary N) is 1. The SMILES string of the molecule is CSCC[C@@H]1NC(=O)N([C@H]2CC3(C[C@H](Oc4ncccc4C(N)=O)C3)C2)C1=O. The molecule has 0 aromatic carbocycles. The summed E-state index contributed by atoms with van der Waals surface area (Å²) in [5, 5.41) is 2.81. The molecular formula is C19H24N4O4S. The van der Waals surface area contributed by atoms with Crippen LogP contribution in [0, 0.1) is 5.41 Å². The molecule has 150 valence electrons. The van der Waals surface area contributed by atoms with Crippen molar-refractivity contribution in [1.29, 1.82) is 0 Å². The molecule has 1 aromatic rings. The van der Waals surface area contributed by atoms with Crippen LogP contribution in [0.25, 0.3) is 0 Å². The second-order valence-corrected chi connectivity index (χ2v) is 8.91. The van der Waals surface area contributed by atoms with Crippen LogP contribution in [0.4, 0.5) is 4.79 Å². The predicted octanol–water partition coefficient (Wildman–Crippen LogP) is 1.54. The molecule has 3 N–H and O–H groups in total. The van der Waals surface area contributed by atoms with Gasteiger partial charge in [0.05, 0.1) is 0 Å². The zero-order valence-corrected chi connectivity index (χ0v) is 16.5. The minimum Gasteiger partial charge on any atom is -0.474 e. The van der Waals surface area contributed by atoms with E-state index in [-0.39, 0.29) is 47.0 Å². The van der Waals surface area contributed by atoms with Gasteiger partial charge < -0.3 is 15.8 Å². The summed E-state index contributed by atoms with van der Waals surface area (Å²) in [6, 6.07) is 2.58. The number of ether oxygens (including phenoxy) is 1. The Bertz CT molecular complexity index is 803.